The standard InChI is InChI=1S/C12H23N3O3/c1-5-15-12(11(17-4)8-14-15)10(13-2)9-18-7-6-16-3/h8,10,13H,5-7,9H2,1-4H3. The predicted molar refractivity (Wildman–Crippen MR) is 68.9 cm³/mol. The lowest BCUT2D eigenvalue weighted by molar-refractivity contribution is 0.0581. The fourth-order valence-electron chi connectivity index (χ4n) is 1.78. The minimum atomic E-state index is 0.0549. The maximum Gasteiger partial charge on any atom is 0.161 e. The number of aromatic nitrogens is 2. The van der Waals surface area contributed by atoms with Crippen molar-refractivity contribution in [1.82, 2.24) is 15.1 Å². The third kappa shape index (κ3) is 3.69. The van der Waals surface area contributed by atoms with Crippen LogP contribution in [0.4, 0.5) is 0 Å². The predicted octanol–water partition coefficient (Wildman–Crippen LogP) is 0.835. The molecule has 18 heavy (non-hydrogen) atoms. The molecule has 0 radical (unpaired) electrons. The second-order valence-corrected chi connectivity index (χ2v) is 3.82. The summed E-state index contributed by atoms with van der Waals surface area (Å²) in [5.74, 6) is 0.784. The average Bonchev–Trinajstić information content (AvgIpc) is 2.82. The maximum atomic E-state index is 5.57. The molecule has 1 aromatic heterocycles. The van der Waals surface area contributed by atoms with Crippen LogP contribution in [0.3, 0.4) is 0 Å². The monoisotopic (exact) mass is 257 g/mol. The van der Waals surface area contributed by atoms with Crippen molar-refractivity contribution in [1.29, 1.82) is 0 Å². The van der Waals surface area contributed by atoms with Gasteiger partial charge in [0.25, 0.3) is 0 Å². The number of hydrogen-bond acceptors (Lipinski definition) is 5. The van der Waals surface area contributed by atoms with E-state index in [2.05, 4.69) is 17.3 Å². The Labute approximate surface area is 108 Å². The zero-order valence-electron chi connectivity index (χ0n) is 11.6. The highest BCUT2D eigenvalue weighted by atomic mass is 16.5. The number of nitrogens with one attached hydrogen (secondary N) is 1. The molecular weight excluding hydrogens is 234 g/mol. The van der Waals surface area contributed by atoms with Gasteiger partial charge in [-0.15, -0.1) is 0 Å². The molecule has 6 heteroatoms. The van der Waals surface area contributed by atoms with E-state index < -0.39 is 0 Å². The molecule has 0 aromatic carbocycles. The largest absolute Gasteiger partial charge is 0.493 e. The van der Waals surface area contributed by atoms with Crippen molar-refractivity contribution in [3.63, 3.8) is 0 Å². The molecule has 0 saturated carbocycles. The summed E-state index contributed by atoms with van der Waals surface area (Å²) in [6, 6.07) is 0.0549. The first-order valence-corrected chi connectivity index (χ1v) is 6.12. The lowest BCUT2D eigenvalue weighted by Crippen LogP contribution is -2.26. The summed E-state index contributed by atoms with van der Waals surface area (Å²) in [5.41, 5.74) is 1.01. The normalized spacial score (nSPS) is 12.7. The van der Waals surface area contributed by atoms with E-state index in [0.717, 1.165) is 18.0 Å². The van der Waals surface area contributed by atoms with Gasteiger partial charge < -0.3 is 19.5 Å². The van der Waals surface area contributed by atoms with Gasteiger partial charge in [-0.2, -0.15) is 5.10 Å². The van der Waals surface area contributed by atoms with Gasteiger partial charge in [0, 0.05) is 13.7 Å². The van der Waals surface area contributed by atoms with Crippen LogP contribution in [-0.4, -0.2) is 50.9 Å². The van der Waals surface area contributed by atoms with Gasteiger partial charge in [0.2, 0.25) is 0 Å². The van der Waals surface area contributed by atoms with E-state index in [1.807, 2.05) is 11.7 Å². The molecule has 1 rings (SSSR count). The molecule has 0 aliphatic rings. The van der Waals surface area contributed by atoms with Crippen LogP contribution in [0.5, 0.6) is 5.75 Å². The number of rotatable bonds is 9. The van der Waals surface area contributed by atoms with Crippen molar-refractivity contribution in [2.24, 2.45) is 0 Å². The Balaban J connectivity index is 2.70. The average molecular weight is 257 g/mol. The quantitative estimate of drug-likeness (QED) is 0.664. The summed E-state index contributed by atoms with van der Waals surface area (Å²) >= 11 is 0. The van der Waals surface area contributed by atoms with E-state index in [-0.39, 0.29) is 6.04 Å². The molecular formula is C12H23N3O3. The summed E-state index contributed by atoms with van der Waals surface area (Å²) < 4.78 is 17.8. The Bertz CT molecular complexity index is 320. The lowest BCUT2D eigenvalue weighted by atomic mass is 10.2. The van der Waals surface area contributed by atoms with Gasteiger partial charge in [-0.25, -0.2) is 0 Å². The number of methoxy groups -OCH3 is 2. The number of aryl methyl sites for hydroxylation is 1. The molecule has 104 valence electrons. The van der Waals surface area contributed by atoms with Gasteiger partial charge in [0.1, 0.15) is 0 Å². The Hall–Kier alpha value is -1.11. The van der Waals surface area contributed by atoms with Crippen LogP contribution in [-0.2, 0) is 16.0 Å². The van der Waals surface area contributed by atoms with Crippen LogP contribution in [0.15, 0.2) is 6.20 Å². The van der Waals surface area contributed by atoms with Crippen molar-refractivity contribution < 1.29 is 14.2 Å². The topological polar surface area (TPSA) is 57.5 Å². The van der Waals surface area contributed by atoms with Gasteiger partial charge in [0.15, 0.2) is 5.75 Å². The number of ether oxygens (including phenoxy) is 3. The molecule has 1 heterocycles. The van der Waals surface area contributed by atoms with Crippen molar-refractivity contribution >= 4 is 0 Å². The van der Waals surface area contributed by atoms with Crippen molar-refractivity contribution in [2.45, 2.75) is 19.5 Å². The number of likely N-dealkylation sites (N-methyl/N-ethyl adjacent to an activating group) is 1. The molecule has 0 spiro atoms. The molecule has 0 bridgehead atoms. The zero-order valence-corrected chi connectivity index (χ0v) is 11.6. The third-order valence-electron chi connectivity index (χ3n) is 2.76. The van der Waals surface area contributed by atoms with Gasteiger partial charge in [0.05, 0.1) is 44.9 Å². The molecule has 0 fully saturated rings. The minimum Gasteiger partial charge on any atom is -0.493 e. The smallest absolute Gasteiger partial charge is 0.161 e. The first-order chi connectivity index (χ1) is 8.78. The summed E-state index contributed by atoms with van der Waals surface area (Å²) in [5, 5.41) is 7.51. The van der Waals surface area contributed by atoms with Crippen molar-refractivity contribution in [3.05, 3.63) is 11.9 Å². The second-order valence-electron chi connectivity index (χ2n) is 3.82. The number of nitrogens with zero attached hydrogens (tertiary/aromatic N) is 2. The first-order valence-electron chi connectivity index (χ1n) is 6.12. The third-order valence-corrected chi connectivity index (χ3v) is 2.76. The summed E-state index contributed by atoms with van der Waals surface area (Å²) in [7, 11) is 5.21. The van der Waals surface area contributed by atoms with E-state index in [9.17, 15) is 0 Å². The Kier molecular flexibility index (Phi) is 6.70. The minimum absolute atomic E-state index is 0.0549. The molecule has 0 aliphatic heterocycles. The zero-order chi connectivity index (χ0) is 13.4. The van der Waals surface area contributed by atoms with E-state index in [1.165, 1.54) is 0 Å². The fraction of sp³-hybridized carbons (Fsp3) is 0.750. The number of hydrogen-bond donors (Lipinski definition) is 1. The van der Waals surface area contributed by atoms with Gasteiger partial charge in [-0.05, 0) is 14.0 Å². The van der Waals surface area contributed by atoms with Crippen LogP contribution in [0.1, 0.15) is 18.7 Å². The van der Waals surface area contributed by atoms with Gasteiger partial charge >= 0.3 is 0 Å². The van der Waals surface area contributed by atoms with E-state index >= 15 is 0 Å². The molecule has 0 amide bonds. The van der Waals surface area contributed by atoms with Crippen LogP contribution in [0, 0.1) is 0 Å². The first kappa shape index (κ1) is 14.9. The van der Waals surface area contributed by atoms with E-state index in [0.29, 0.717) is 19.8 Å². The highest BCUT2D eigenvalue weighted by molar-refractivity contribution is 5.28. The Morgan fingerprint density at radius 3 is 2.72 bits per heavy atom. The van der Waals surface area contributed by atoms with Crippen molar-refractivity contribution in [3.8, 4) is 5.75 Å². The maximum absolute atomic E-state index is 5.57. The molecule has 1 N–H and O–H groups in total. The Morgan fingerprint density at radius 1 is 1.39 bits per heavy atom. The highest BCUT2D eigenvalue weighted by Gasteiger charge is 2.20. The fourth-order valence-corrected chi connectivity index (χ4v) is 1.78. The molecule has 0 saturated heterocycles. The molecule has 0 aliphatic carbocycles. The Morgan fingerprint density at radius 2 is 2.17 bits per heavy atom. The van der Waals surface area contributed by atoms with Gasteiger partial charge in [-0.1, -0.05) is 0 Å². The molecule has 1 aromatic rings. The molecule has 1 atom stereocenters. The summed E-state index contributed by atoms with van der Waals surface area (Å²) in [4.78, 5) is 0. The van der Waals surface area contributed by atoms with E-state index in [4.69, 9.17) is 14.2 Å². The lowest BCUT2D eigenvalue weighted by Gasteiger charge is -2.18. The van der Waals surface area contributed by atoms with Crippen LogP contribution >= 0.6 is 0 Å². The summed E-state index contributed by atoms with van der Waals surface area (Å²) in [6.45, 7) is 4.59. The van der Waals surface area contributed by atoms with Crippen LogP contribution in [0.2, 0.25) is 0 Å². The van der Waals surface area contributed by atoms with Gasteiger partial charge in [-0.3, -0.25) is 4.68 Å². The van der Waals surface area contributed by atoms with Crippen molar-refractivity contribution in [2.75, 3.05) is 41.1 Å². The summed E-state index contributed by atoms with van der Waals surface area (Å²) in [6.07, 6.45) is 1.73. The van der Waals surface area contributed by atoms with E-state index in [1.54, 1.807) is 20.4 Å². The van der Waals surface area contributed by atoms with Crippen LogP contribution < -0.4 is 10.1 Å². The molecule has 6 nitrogen and oxygen atoms in total. The highest BCUT2D eigenvalue weighted by Crippen LogP contribution is 2.24. The molecule has 1 unspecified atom stereocenters. The van der Waals surface area contributed by atoms with Crippen LogP contribution in [0.25, 0.3) is 0 Å². The SMILES string of the molecule is CCn1ncc(OC)c1C(COCCOC)NC. The second kappa shape index (κ2) is 8.07.